The second-order valence-electron chi connectivity index (χ2n) is 18.7. The highest BCUT2D eigenvalue weighted by molar-refractivity contribution is 6.30. The Kier molecular flexibility index (Phi) is 17.1. The Morgan fingerprint density at radius 3 is 2.26 bits per heavy atom. The highest BCUT2D eigenvalue weighted by Gasteiger charge is 2.50. The van der Waals surface area contributed by atoms with Crippen LogP contribution in [-0.2, 0) is 30.2 Å². The van der Waals surface area contributed by atoms with E-state index in [1.807, 2.05) is 29.3 Å². The van der Waals surface area contributed by atoms with E-state index in [1.54, 1.807) is 39.8 Å². The van der Waals surface area contributed by atoms with Crippen LogP contribution in [0, 0.1) is 30.6 Å². The van der Waals surface area contributed by atoms with Crippen LogP contribution in [0.3, 0.4) is 0 Å². The largest absolute Gasteiger partial charge is 0.507 e. The molecule has 4 aliphatic heterocycles. The first-order valence-corrected chi connectivity index (χ1v) is 23.9. The lowest BCUT2D eigenvalue weighted by molar-refractivity contribution is -0.160. The summed E-state index contributed by atoms with van der Waals surface area (Å²) in [6, 6.07) is 7.89. The van der Waals surface area contributed by atoms with E-state index >= 15 is 0 Å². The maximum Gasteiger partial charge on any atom is 0.312 e. The number of phenolic OH excluding ortho intramolecular Hbond substituents is 3. The van der Waals surface area contributed by atoms with Gasteiger partial charge in [-0.15, -0.1) is 0 Å². The number of methoxy groups -OCH3 is 1. The summed E-state index contributed by atoms with van der Waals surface area (Å²) in [7, 11) is 1.44. The standard InChI is InChI=1S/C52H67ClN4O12/c1-28-13-12-14-29(2)51(65)55-42-37(27-54-57-24-22-56(23-25-57)21-11-10-15-35-16-18-36(53)19-17-35)46(62)39-40(47(42)63)45(61)33(6)49-41(39)50(64)52(8,69-49)67-26-20-38(66-9)30(3)48(68-34(7)58)32(5)44(60)31(4)43(28)59/h12-14,16-20,26-28,30-32,38,43-44,48,59-63H,10-11,15,21-25H2,1-9H3,(H,55,65)/b13-12+,26-20+,29-14-,54-27+/t28-,30+,31+,32+,38-,43-,44+,48+,52-/m0/s1. The summed E-state index contributed by atoms with van der Waals surface area (Å²) >= 11 is 6.04. The van der Waals surface area contributed by atoms with Crippen molar-refractivity contribution in [2.45, 2.75) is 105 Å². The lowest BCUT2D eigenvalue weighted by Gasteiger charge is -2.38. The summed E-state index contributed by atoms with van der Waals surface area (Å²) in [4.78, 5) is 43.3. The van der Waals surface area contributed by atoms with E-state index in [0.29, 0.717) is 18.1 Å². The molecule has 7 rings (SSSR count). The second kappa shape index (κ2) is 22.4. The van der Waals surface area contributed by atoms with Gasteiger partial charge in [-0.2, -0.15) is 5.10 Å². The van der Waals surface area contributed by atoms with Crippen molar-refractivity contribution in [2.24, 2.45) is 28.8 Å². The molecule has 1 fully saturated rings. The van der Waals surface area contributed by atoms with Gasteiger partial charge in [-0.25, -0.2) is 0 Å². The Bertz CT molecular complexity index is 2500. The van der Waals surface area contributed by atoms with E-state index in [9.17, 15) is 39.9 Å². The number of halogens is 1. The van der Waals surface area contributed by atoms with Crippen molar-refractivity contribution in [3.05, 3.63) is 87.7 Å². The molecule has 69 heavy (non-hydrogen) atoms. The Balaban J connectivity index is 1.38. The number of phenols is 3. The normalized spacial score (nSPS) is 29.1. The van der Waals surface area contributed by atoms with Gasteiger partial charge in [0.1, 0.15) is 23.4 Å². The molecule has 0 saturated carbocycles. The monoisotopic (exact) mass is 974 g/mol. The number of amides is 1. The Morgan fingerprint density at radius 1 is 0.928 bits per heavy atom. The number of aromatic hydroxyl groups is 3. The van der Waals surface area contributed by atoms with E-state index in [1.165, 1.54) is 65.0 Å². The molecule has 0 aromatic heterocycles. The maximum atomic E-state index is 14.6. The quantitative estimate of drug-likeness (QED) is 0.0405. The van der Waals surface area contributed by atoms with Crippen LogP contribution in [0.25, 0.3) is 10.8 Å². The summed E-state index contributed by atoms with van der Waals surface area (Å²) in [5, 5.41) is 68.5. The molecule has 0 radical (unpaired) electrons. The number of hydrogen-bond donors (Lipinski definition) is 6. The molecule has 1 amide bonds. The number of aliphatic hydroxyl groups excluding tert-OH is 2. The molecule has 16 nitrogen and oxygen atoms in total. The van der Waals surface area contributed by atoms with Crippen molar-refractivity contribution in [3.8, 4) is 23.0 Å². The van der Waals surface area contributed by atoms with Gasteiger partial charge in [0.25, 0.3) is 11.7 Å². The number of rotatable bonds is 9. The molecule has 17 heteroatoms. The van der Waals surface area contributed by atoms with Crippen LogP contribution in [0.5, 0.6) is 23.0 Å². The molecule has 1 saturated heterocycles. The third kappa shape index (κ3) is 11.5. The number of unbranched alkanes of at least 4 members (excludes halogenated alkanes) is 1. The fourth-order valence-corrected chi connectivity index (χ4v) is 9.53. The zero-order chi connectivity index (χ0) is 50.5. The number of nitrogens with zero attached hydrogens (tertiary/aromatic N) is 3. The molecule has 0 unspecified atom stereocenters. The topological polar surface area (TPSA) is 220 Å². The van der Waals surface area contributed by atoms with E-state index in [4.69, 9.17) is 30.5 Å². The van der Waals surface area contributed by atoms with Crippen LogP contribution < -0.4 is 10.1 Å². The number of piperazine rings is 1. The number of nitrogens with one attached hydrogen (secondary N) is 1. The Morgan fingerprint density at radius 2 is 1.61 bits per heavy atom. The summed E-state index contributed by atoms with van der Waals surface area (Å²) in [5.74, 6) is -8.43. The molecular weight excluding hydrogens is 908 g/mol. The molecule has 0 spiro atoms. The van der Waals surface area contributed by atoms with Crippen LogP contribution in [0.1, 0.15) is 88.4 Å². The molecule has 6 N–H and O–H groups in total. The minimum atomic E-state index is -2.06. The fourth-order valence-electron chi connectivity index (χ4n) is 9.40. The van der Waals surface area contributed by atoms with Crippen LogP contribution in [0.15, 0.2) is 65.5 Å². The highest BCUT2D eigenvalue weighted by atomic mass is 35.5. The van der Waals surface area contributed by atoms with Crippen molar-refractivity contribution in [1.82, 2.24) is 9.91 Å². The molecule has 3 aromatic rings. The summed E-state index contributed by atoms with van der Waals surface area (Å²) in [6.45, 7) is 16.0. The molecule has 5 bridgehead atoms. The van der Waals surface area contributed by atoms with Gasteiger partial charge in [0.15, 0.2) is 5.75 Å². The minimum Gasteiger partial charge on any atom is -0.507 e. The smallest absolute Gasteiger partial charge is 0.312 e. The van der Waals surface area contributed by atoms with Gasteiger partial charge < -0.3 is 49.8 Å². The average molecular weight is 976 g/mol. The number of Topliss-reactive ketones (excluding diaryl/α,β-unsaturated/α-hetero) is 1. The lowest BCUT2D eigenvalue weighted by Crippen LogP contribution is -2.46. The van der Waals surface area contributed by atoms with E-state index in [-0.39, 0.29) is 44.5 Å². The third-order valence-electron chi connectivity index (χ3n) is 13.8. The molecule has 9 atom stereocenters. The number of aliphatic hydroxyl groups is 2. The first kappa shape index (κ1) is 52.7. The number of esters is 1. The number of carbonyl (C=O) groups excluding carboxylic acids is 3. The highest BCUT2D eigenvalue weighted by Crippen LogP contribution is 2.55. The van der Waals surface area contributed by atoms with Crippen molar-refractivity contribution >= 4 is 51.9 Å². The molecular formula is C52H67ClN4O12. The van der Waals surface area contributed by atoms with Gasteiger partial charge in [0.2, 0.25) is 0 Å². The van der Waals surface area contributed by atoms with Crippen LogP contribution in [0.4, 0.5) is 5.69 Å². The summed E-state index contributed by atoms with van der Waals surface area (Å²) < 4.78 is 23.8. The van der Waals surface area contributed by atoms with Gasteiger partial charge in [0.05, 0.1) is 53.0 Å². The number of carbonyl (C=O) groups is 3. The van der Waals surface area contributed by atoms with Gasteiger partial charge in [0, 0.05) is 92.4 Å². The predicted molar refractivity (Wildman–Crippen MR) is 264 cm³/mol. The van der Waals surface area contributed by atoms with Crippen LogP contribution >= 0.6 is 11.6 Å². The number of hydrogen-bond acceptors (Lipinski definition) is 15. The molecule has 4 heterocycles. The van der Waals surface area contributed by atoms with Gasteiger partial charge >= 0.3 is 11.8 Å². The average Bonchev–Trinajstić information content (AvgIpc) is 3.59. The fraction of sp³-hybridized carbons (Fsp3) is 0.500. The van der Waals surface area contributed by atoms with E-state index in [2.05, 4.69) is 15.3 Å². The number of benzene rings is 3. The van der Waals surface area contributed by atoms with Crippen molar-refractivity contribution in [1.29, 1.82) is 0 Å². The number of fused-ring (bicyclic) bond motifs is 14. The SMILES string of the molecule is CO[C@H]1/C=C/O[C@@]2(C)Oc3c(C)c(O)c4c(O)c(c(/C=N/N5CCN(CCCCc6ccc(Cl)cc6)CC5)c(O)c4c3C2=O)NC(=O)/C(C)=C\C=C\[C@H](C)[C@H](O)[C@@H](C)[C@@H](O)[C@@H](C)[C@H](OC(C)=O)[C@@H]1C. The number of anilines is 1. The van der Waals surface area contributed by atoms with Gasteiger partial charge in [-0.1, -0.05) is 69.7 Å². The minimum absolute atomic E-state index is 0.0517. The van der Waals surface area contributed by atoms with Crippen LogP contribution in [0.2, 0.25) is 5.02 Å². The Hall–Kier alpha value is -5.65. The molecule has 374 valence electrons. The lowest BCUT2D eigenvalue weighted by atomic mass is 9.78. The molecule has 0 aliphatic carbocycles. The number of allylic oxidation sites excluding steroid dienone is 2. The maximum absolute atomic E-state index is 14.6. The molecule has 4 aliphatic rings. The number of hydrazone groups is 1. The first-order valence-electron chi connectivity index (χ1n) is 23.5. The first-order chi connectivity index (χ1) is 32.7. The zero-order valence-corrected chi connectivity index (χ0v) is 41.6. The summed E-state index contributed by atoms with van der Waals surface area (Å²) in [5.41, 5.74) is 0.868. The van der Waals surface area contributed by atoms with Gasteiger partial charge in [-0.3, -0.25) is 24.3 Å². The third-order valence-corrected chi connectivity index (χ3v) is 14.1. The zero-order valence-electron chi connectivity index (χ0n) is 40.9. The van der Waals surface area contributed by atoms with Crippen LogP contribution in [-0.4, -0.2) is 129 Å². The molecule has 3 aromatic carbocycles. The van der Waals surface area contributed by atoms with Crippen molar-refractivity contribution in [2.75, 3.05) is 45.2 Å². The van der Waals surface area contributed by atoms with E-state index < -0.39 is 88.8 Å². The number of ether oxygens (including phenoxy) is 4. The predicted octanol–water partition coefficient (Wildman–Crippen LogP) is 7.38. The Labute approximate surface area is 408 Å². The van der Waals surface area contributed by atoms with Gasteiger partial charge in [-0.05, 0) is 63.4 Å². The number of ketones is 1. The van der Waals surface area contributed by atoms with E-state index in [0.717, 1.165) is 38.9 Å². The second-order valence-corrected chi connectivity index (χ2v) is 19.2. The summed E-state index contributed by atoms with van der Waals surface area (Å²) in [6.07, 6.45) is 7.87. The van der Waals surface area contributed by atoms with Crippen molar-refractivity contribution < 1.29 is 58.9 Å². The van der Waals surface area contributed by atoms with Crippen molar-refractivity contribution in [3.63, 3.8) is 0 Å². The number of aryl methyl sites for hydroxylation is 1.